The Kier molecular flexibility index (Phi) is 5.55. The third kappa shape index (κ3) is 3.99. The van der Waals surface area contributed by atoms with E-state index in [9.17, 15) is 4.79 Å². The first-order valence-corrected chi connectivity index (χ1v) is 6.21. The lowest BCUT2D eigenvalue weighted by Crippen LogP contribution is -2.27. The van der Waals surface area contributed by atoms with Crippen LogP contribution in [0.1, 0.15) is 19.5 Å². The van der Waals surface area contributed by atoms with Gasteiger partial charge in [0.2, 0.25) is 0 Å². The second kappa shape index (κ2) is 7.15. The number of carboxylic acid groups (broad SMARTS) is 1. The average molecular weight is 277 g/mol. The number of aromatic nitrogens is 2. The molecule has 0 radical (unpaired) electrons. The van der Waals surface area contributed by atoms with E-state index >= 15 is 0 Å². The van der Waals surface area contributed by atoms with Gasteiger partial charge < -0.3 is 20.2 Å². The predicted molar refractivity (Wildman–Crippen MR) is 76.2 cm³/mol. The maximum absolute atomic E-state index is 10.5. The van der Waals surface area contributed by atoms with Crippen LogP contribution >= 0.6 is 0 Å². The molecule has 20 heavy (non-hydrogen) atoms. The number of hydrogen-bond acceptors (Lipinski definition) is 5. The van der Waals surface area contributed by atoms with Crippen LogP contribution in [0.2, 0.25) is 0 Å². The van der Waals surface area contributed by atoms with Crippen molar-refractivity contribution in [2.45, 2.75) is 20.4 Å². The lowest BCUT2D eigenvalue weighted by molar-refractivity contribution is -0.132. The van der Waals surface area contributed by atoms with Gasteiger partial charge in [-0.15, -0.1) is 0 Å². The number of hydrazine groups is 1. The SMILES string of the molecule is CC.N/C(=C\N(N)Cc1cn2ccccc2n1)C(=O)O. The zero-order chi connectivity index (χ0) is 15.1. The van der Waals surface area contributed by atoms with Crippen LogP contribution in [0.25, 0.3) is 5.65 Å². The fourth-order valence-corrected chi connectivity index (χ4v) is 1.53. The van der Waals surface area contributed by atoms with Gasteiger partial charge >= 0.3 is 5.97 Å². The smallest absolute Gasteiger partial charge is 0.353 e. The van der Waals surface area contributed by atoms with Crippen molar-refractivity contribution >= 4 is 11.6 Å². The van der Waals surface area contributed by atoms with E-state index in [0.29, 0.717) is 0 Å². The molecule has 0 aliphatic carbocycles. The fourth-order valence-electron chi connectivity index (χ4n) is 1.53. The van der Waals surface area contributed by atoms with Gasteiger partial charge in [0.1, 0.15) is 11.3 Å². The first-order chi connectivity index (χ1) is 9.56. The molecule has 0 saturated carbocycles. The monoisotopic (exact) mass is 277 g/mol. The highest BCUT2D eigenvalue weighted by Crippen LogP contribution is 2.06. The van der Waals surface area contributed by atoms with Crippen LogP contribution in [0.4, 0.5) is 0 Å². The third-order valence-corrected chi connectivity index (χ3v) is 2.31. The second-order valence-electron chi connectivity index (χ2n) is 3.76. The fraction of sp³-hybridized carbons (Fsp3) is 0.231. The average Bonchev–Trinajstić information content (AvgIpc) is 2.82. The van der Waals surface area contributed by atoms with Gasteiger partial charge in [0.25, 0.3) is 0 Å². The zero-order valence-corrected chi connectivity index (χ0v) is 11.5. The minimum Gasteiger partial charge on any atom is -0.477 e. The summed E-state index contributed by atoms with van der Waals surface area (Å²) in [6.45, 7) is 4.27. The first-order valence-electron chi connectivity index (χ1n) is 6.21. The van der Waals surface area contributed by atoms with Crippen molar-refractivity contribution in [3.8, 4) is 0 Å². The summed E-state index contributed by atoms with van der Waals surface area (Å²) in [7, 11) is 0. The largest absolute Gasteiger partial charge is 0.477 e. The molecule has 0 atom stereocenters. The number of fused-ring (bicyclic) bond motifs is 1. The van der Waals surface area contributed by atoms with Crippen LogP contribution < -0.4 is 11.6 Å². The van der Waals surface area contributed by atoms with Crippen molar-refractivity contribution in [2.75, 3.05) is 0 Å². The Labute approximate surface area is 117 Å². The molecule has 0 unspecified atom stereocenters. The van der Waals surface area contributed by atoms with Gasteiger partial charge in [-0.05, 0) is 12.1 Å². The van der Waals surface area contributed by atoms with Crippen molar-refractivity contribution in [3.05, 3.63) is 48.2 Å². The molecular weight excluding hydrogens is 258 g/mol. The predicted octanol–water partition coefficient (Wildman–Crippen LogP) is 0.921. The Morgan fingerprint density at radius 3 is 2.80 bits per heavy atom. The lowest BCUT2D eigenvalue weighted by Gasteiger charge is -2.11. The molecule has 0 aliphatic heterocycles. The second-order valence-corrected chi connectivity index (χ2v) is 3.76. The highest BCUT2D eigenvalue weighted by molar-refractivity contribution is 5.85. The third-order valence-electron chi connectivity index (χ3n) is 2.31. The van der Waals surface area contributed by atoms with Crippen molar-refractivity contribution in [1.82, 2.24) is 14.4 Å². The number of nitrogens with zero attached hydrogens (tertiary/aromatic N) is 3. The molecule has 108 valence electrons. The minimum absolute atomic E-state index is 0.273. The first kappa shape index (κ1) is 15.5. The van der Waals surface area contributed by atoms with E-state index in [1.807, 2.05) is 48.8 Å². The van der Waals surface area contributed by atoms with Gasteiger partial charge in [-0.1, -0.05) is 19.9 Å². The Morgan fingerprint density at radius 1 is 1.50 bits per heavy atom. The highest BCUT2D eigenvalue weighted by atomic mass is 16.4. The molecule has 0 fully saturated rings. The maximum atomic E-state index is 10.5. The number of rotatable bonds is 4. The van der Waals surface area contributed by atoms with Crippen LogP contribution in [0, 0.1) is 0 Å². The molecule has 2 aromatic heterocycles. The summed E-state index contributed by atoms with van der Waals surface area (Å²) in [5.41, 5.74) is 6.46. The number of carbonyl (C=O) groups is 1. The zero-order valence-electron chi connectivity index (χ0n) is 11.5. The standard InChI is InChI=1S/C11H13N5O2.C2H6/c12-9(11(17)18)7-16(13)6-8-5-15-4-2-1-3-10(15)14-8;1-2/h1-5,7H,6,12-13H2,(H,17,18);1-2H3/b9-7-;. The van der Waals surface area contributed by atoms with E-state index in [1.165, 1.54) is 5.01 Å². The maximum Gasteiger partial charge on any atom is 0.353 e. The molecular formula is C13H19N5O2. The summed E-state index contributed by atoms with van der Waals surface area (Å²) in [5, 5.41) is 9.80. The molecule has 0 aliphatic rings. The van der Waals surface area contributed by atoms with Crippen LogP contribution in [0.5, 0.6) is 0 Å². The summed E-state index contributed by atoms with van der Waals surface area (Å²) in [4.78, 5) is 14.9. The normalized spacial score (nSPS) is 10.8. The molecule has 2 heterocycles. The summed E-state index contributed by atoms with van der Waals surface area (Å²) in [5.74, 6) is 4.42. The molecule has 0 aromatic carbocycles. The van der Waals surface area contributed by atoms with Gasteiger partial charge in [0.15, 0.2) is 0 Å². The Balaban J connectivity index is 0.000000956. The van der Waals surface area contributed by atoms with Crippen LogP contribution in [-0.2, 0) is 11.3 Å². The summed E-state index contributed by atoms with van der Waals surface area (Å²) < 4.78 is 1.85. The van der Waals surface area contributed by atoms with Crippen molar-refractivity contribution in [3.63, 3.8) is 0 Å². The topological polar surface area (TPSA) is 110 Å². The van der Waals surface area contributed by atoms with Crippen molar-refractivity contribution in [1.29, 1.82) is 0 Å². The molecule has 7 nitrogen and oxygen atoms in total. The number of hydrogen-bond donors (Lipinski definition) is 3. The Bertz CT molecular complexity index is 573. The molecule has 5 N–H and O–H groups in total. The van der Waals surface area contributed by atoms with E-state index in [1.54, 1.807) is 0 Å². The van der Waals surface area contributed by atoms with E-state index in [0.717, 1.165) is 17.5 Å². The molecule has 0 bridgehead atoms. The van der Waals surface area contributed by atoms with Gasteiger partial charge in [-0.3, -0.25) is 0 Å². The Morgan fingerprint density at radius 2 is 2.20 bits per heavy atom. The van der Waals surface area contributed by atoms with Crippen LogP contribution in [-0.4, -0.2) is 25.5 Å². The van der Waals surface area contributed by atoms with E-state index in [4.69, 9.17) is 16.7 Å². The van der Waals surface area contributed by atoms with Gasteiger partial charge in [0.05, 0.1) is 12.2 Å². The van der Waals surface area contributed by atoms with Crippen LogP contribution in [0.15, 0.2) is 42.5 Å². The molecule has 7 heteroatoms. The number of imidazole rings is 1. The van der Waals surface area contributed by atoms with Crippen molar-refractivity contribution in [2.24, 2.45) is 11.6 Å². The molecule has 2 aromatic rings. The van der Waals surface area contributed by atoms with Crippen LogP contribution in [0.3, 0.4) is 0 Å². The van der Waals surface area contributed by atoms with Gasteiger partial charge in [-0.25, -0.2) is 15.6 Å². The number of carboxylic acids is 1. The minimum atomic E-state index is -1.21. The number of nitrogens with two attached hydrogens (primary N) is 2. The summed E-state index contributed by atoms with van der Waals surface area (Å²) in [6.07, 6.45) is 4.85. The summed E-state index contributed by atoms with van der Waals surface area (Å²) >= 11 is 0. The Hall–Kier alpha value is -2.54. The molecule has 2 rings (SSSR count). The van der Waals surface area contributed by atoms with E-state index in [-0.39, 0.29) is 12.2 Å². The van der Waals surface area contributed by atoms with E-state index in [2.05, 4.69) is 4.98 Å². The highest BCUT2D eigenvalue weighted by Gasteiger charge is 2.06. The number of pyridine rings is 1. The van der Waals surface area contributed by atoms with Gasteiger partial charge in [-0.2, -0.15) is 0 Å². The molecule has 0 saturated heterocycles. The van der Waals surface area contributed by atoms with Crippen molar-refractivity contribution < 1.29 is 9.90 Å². The lowest BCUT2D eigenvalue weighted by atomic mass is 10.4. The van der Waals surface area contributed by atoms with Gasteiger partial charge in [0, 0.05) is 18.6 Å². The quantitative estimate of drug-likeness (QED) is 0.435. The molecule has 0 spiro atoms. The van der Waals surface area contributed by atoms with E-state index < -0.39 is 5.97 Å². The number of aliphatic carboxylic acids is 1. The molecule has 0 amide bonds. The summed E-state index contributed by atoms with van der Waals surface area (Å²) in [6, 6.07) is 5.64.